The molecule has 0 amide bonds. The molecule has 2 aromatic heterocycles. The third kappa shape index (κ3) is 3.04. The van der Waals surface area contributed by atoms with E-state index in [9.17, 15) is 0 Å². The summed E-state index contributed by atoms with van der Waals surface area (Å²) >= 11 is 6.17. The number of fused-ring (bicyclic) bond motifs is 1. The van der Waals surface area contributed by atoms with Gasteiger partial charge in [-0.2, -0.15) is 4.98 Å². The number of hydrogen-bond donors (Lipinski definition) is 0. The maximum Gasteiger partial charge on any atom is 0.231 e. The number of hydrogen-bond acceptors (Lipinski definition) is 5. The Balaban J connectivity index is 1.60. The first-order valence-corrected chi connectivity index (χ1v) is 8.66. The number of rotatable bonds is 5. The van der Waals surface area contributed by atoms with E-state index in [4.69, 9.17) is 20.9 Å². The topological polar surface area (TPSA) is 66.0 Å². The van der Waals surface area contributed by atoms with E-state index in [-0.39, 0.29) is 0 Å². The smallest absolute Gasteiger partial charge is 0.231 e. The van der Waals surface area contributed by atoms with Crippen molar-refractivity contribution in [2.75, 3.05) is 7.11 Å². The van der Waals surface area contributed by atoms with Crippen molar-refractivity contribution in [3.8, 4) is 17.1 Å². The van der Waals surface area contributed by atoms with Crippen LogP contribution in [0.3, 0.4) is 0 Å². The highest BCUT2D eigenvalue weighted by molar-refractivity contribution is 6.32. The molecule has 2 aromatic carbocycles. The van der Waals surface area contributed by atoms with E-state index in [1.54, 1.807) is 7.11 Å². The molecule has 4 aromatic rings. The largest absolute Gasteiger partial charge is 0.495 e. The average molecular weight is 369 g/mol. The van der Waals surface area contributed by atoms with E-state index in [2.05, 4.69) is 26.6 Å². The van der Waals surface area contributed by atoms with E-state index >= 15 is 0 Å². The van der Waals surface area contributed by atoms with Crippen LogP contribution in [0.1, 0.15) is 18.4 Å². The van der Waals surface area contributed by atoms with Gasteiger partial charge in [0.25, 0.3) is 0 Å². The van der Waals surface area contributed by atoms with Crippen LogP contribution in [0.4, 0.5) is 0 Å². The van der Waals surface area contributed by atoms with Gasteiger partial charge in [-0.1, -0.05) is 22.8 Å². The number of methoxy groups -OCH3 is 1. The highest BCUT2D eigenvalue weighted by Crippen LogP contribution is 2.26. The van der Waals surface area contributed by atoms with E-state index in [0.29, 0.717) is 28.9 Å². The molecule has 6 nitrogen and oxygen atoms in total. The molecule has 0 radical (unpaired) electrons. The summed E-state index contributed by atoms with van der Waals surface area (Å²) in [4.78, 5) is 8.90. The lowest BCUT2D eigenvalue weighted by Crippen LogP contribution is -1.92. The molecule has 2 heterocycles. The lowest BCUT2D eigenvalue weighted by molar-refractivity contribution is 0.385. The molecule has 0 unspecified atom stereocenters. The minimum atomic E-state index is 0.506. The quantitative estimate of drug-likeness (QED) is 0.523. The van der Waals surface area contributed by atoms with Crippen molar-refractivity contribution in [2.45, 2.75) is 19.9 Å². The summed E-state index contributed by atoms with van der Waals surface area (Å²) in [6.45, 7) is 2.94. The maximum atomic E-state index is 6.17. The Morgan fingerprint density at radius 1 is 1.19 bits per heavy atom. The summed E-state index contributed by atoms with van der Waals surface area (Å²) in [7, 11) is 1.59. The number of nitrogens with zero attached hydrogens (tertiary/aromatic N) is 4. The minimum absolute atomic E-state index is 0.506. The molecule has 0 fully saturated rings. The molecular formula is C19H17ClN4O2. The van der Waals surface area contributed by atoms with E-state index < -0.39 is 0 Å². The van der Waals surface area contributed by atoms with E-state index in [1.807, 2.05) is 42.7 Å². The van der Waals surface area contributed by atoms with Crippen molar-refractivity contribution in [3.05, 3.63) is 59.2 Å². The molecule has 4 rings (SSSR count). The van der Waals surface area contributed by atoms with Gasteiger partial charge in [0.1, 0.15) is 5.75 Å². The summed E-state index contributed by atoms with van der Waals surface area (Å²) in [5.41, 5.74) is 3.88. The third-order valence-electron chi connectivity index (χ3n) is 4.26. The standard InChI is InChI=1S/C19H17ClN4O2/c1-3-24-11-21-15-6-5-13(10-16(15)24)19-22-18(26-23-19)9-12-4-7-17(25-2)14(20)8-12/h4-8,10-11H,3,9H2,1-2H3. The second-order valence-electron chi connectivity index (χ2n) is 5.89. The van der Waals surface area contributed by atoms with Crippen molar-refractivity contribution >= 4 is 22.6 Å². The van der Waals surface area contributed by atoms with Gasteiger partial charge in [0, 0.05) is 12.1 Å². The predicted molar refractivity (Wildman–Crippen MR) is 99.5 cm³/mol. The van der Waals surface area contributed by atoms with Gasteiger partial charge in [0.15, 0.2) is 0 Å². The van der Waals surface area contributed by atoms with Crippen molar-refractivity contribution in [2.24, 2.45) is 0 Å². The van der Waals surface area contributed by atoms with E-state index in [0.717, 1.165) is 28.7 Å². The molecule has 0 aliphatic rings. The van der Waals surface area contributed by atoms with Crippen molar-refractivity contribution < 1.29 is 9.26 Å². The number of aromatic nitrogens is 4. The Morgan fingerprint density at radius 3 is 2.85 bits per heavy atom. The SMILES string of the molecule is CCn1cnc2ccc(-c3noc(Cc4ccc(OC)c(Cl)c4)n3)cc21. The molecule has 7 heteroatoms. The van der Waals surface area contributed by atoms with Crippen LogP contribution < -0.4 is 4.74 Å². The van der Waals surface area contributed by atoms with Gasteiger partial charge in [-0.15, -0.1) is 0 Å². The van der Waals surface area contributed by atoms with Crippen LogP contribution in [-0.4, -0.2) is 26.8 Å². The van der Waals surface area contributed by atoms with E-state index in [1.165, 1.54) is 0 Å². The lowest BCUT2D eigenvalue weighted by atomic mass is 10.1. The Bertz CT molecular complexity index is 1070. The second kappa shape index (κ2) is 6.80. The molecule has 0 spiro atoms. The lowest BCUT2D eigenvalue weighted by Gasteiger charge is -2.04. The fourth-order valence-corrected chi connectivity index (χ4v) is 3.17. The number of imidazole rings is 1. The number of halogens is 1. The molecule has 132 valence electrons. The van der Waals surface area contributed by atoms with Crippen LogP contribution >= 0.6 is 11.6 Å². The summed E-state index contributed by atoms with van der Waals surface area (Å²) in [5, 5.41) is 4.67. The summed E-state index contributed by atoms with van der Waals surface area (Å²) in [5.74, 6) is 1.73. The van der Waals surface area contributed by atoms with Crippen LogP contribution in [0.2, 0.25) is 5.02 Å². The van der Waals surface area contributed by atoms with Gasteiger partial charge >= 0.3 is 0 Å². The Labute approximate surface area is 155 Å². The Hall–Kier alpha value is -2.86. The van der Waals surface area contributed by atoms with Gasteiger partial charge in [-0.3, -0.25) is 0 Å². The van der Waals surface area contributed by atoms with Crippen LogP contribution in [-0.2, 0) is 13.0 Å². The van der Waals surface area contributed by atoms with Gasteiger partial charge < -0.3 is 13.8 Å². The van der Waals surface area contributed by atoms with Crippen LogP contribution in [0, 0.1) is 0 Å². The highest BCUT2D eigenvalue weighted by Gasteiger charge is 2.12. The number of ether oxygens (including phenoxy) is 1. The van der Waals surface area contributed by atoms with Crippen LogP contribution in [0.5, 0.6) is 5.75 Å². The summed E-state index contributed by atoms with van der Waals surface area (Å²) in [6.07, 6.45) is 2.34. The van der Waals surface area contributed by atoms with Crippen molar-refractivity contribution in [1.82, 2.24) is 19.7 Å². The molecule has 0 aliphatic carbocycles. The van der Waals surface area contributed by atoms with Crippen molar-refractivity contribution in [3.63, 3.8) is 0 Å². The maximum absolute atomic E-state index is 6.17. The fraction of sp³-hybridized carbons (Fsp3) is 0.211. The molecule has 0 saturated heterocycles. The third-order valence-corrected chi connectivity index (χ3v) is 4.55. The first-order chi connectivity index (χ1) is 12.7. The predicted octanol–water partition coefficient (Wildman–Crippen LogP) is 4.36. The first kappa shape index (κ1) is 16.6. The molecule has 26 heavy (non-hydrogen) atoms. The van der Waals surface area contributed by atoms with Gasteiger partial charge in [-0.05, 0) is 42.8 Å². The van der Waals surface area contributed by atoms with Gasteiger partial charge in [-0.25, -0.2) is 4.98 Å². The van der Waals surface area contributed by atoms with Crippen molar-refractivity contribution in [1.29, 1.82) is 0 Å². The zero-order chi connectivity index (χ0) is 18.1. The second-order valence-corrected chi connectivity index (χ2v) is 6.30. The van der Waals surface area contributed by atoms with Crippen LogP contribution in [0.25, 0.3) is 22.4 Å². The normalized spacial score (nSPS) is 11.2. The molecule has 0 atom stereocenters. The van der Waals surface area contributed by atoms with Crippen LogP contribution in [0.15, 0.2) is 47.2 Å². The zero-order valence-corrected chi connectivity index (χ0v) is 15.2. The molecule has 0 aliphatic heterocycles. The Kier molecular flexibility index (Phi) is 4.34. The number of benzene rings is 2. The molecule has 0 N–H and O–H groups in total. The van der Waals surface area contributed by atoms with Gasteiger partial charge in [0.05, 0.1) is 35.9 Å². The zero-order valence-electron chi connectivity index (χ0n) is 14.4. The molecule has 0 bridgehead atoms. The number of aryl methyl sites for hydroxylation is 1. The summed E-state index contributed by atoms with van der Waals surface area (Å²) < 4.78 is 12.7. The van der Waals surface area contributed by atoms with Gasteiger partial charge in [0.2, 0.25) is 11.7 Å². The highest BCUT2D eigenvalue weighted by atomic mass is 35.5. The fourth-order valence-electron chi connectivity index (χ4n) is 2.89. The summed E-state index contributed by atoms with van der Waals surface area (Å²) in [6, 6.07) is 11.6. The minimum Gasteiger partial charge on any atom is -0.495 e. The average Bonchev–Trinajstić information content (AvgIpc) is 3.28. The molecular weight excluding hydrogens is 352 g/mol. The monoisotopic (exact) mass is 368 g/mol. The first-order valence-electron chi connectivity index (χ1n) is 8.28. The molecule has 0 saturated carbocycles. The Morgan fingerprint density at radius 2 is 2.08 bits per heavy atom.